The van der Waals surface area contributed by atoms with Crippen LogP contribution in [0.4, 0.5) is 0 Å². The summed E-state index contributed by atoms with van der Waals surface area (Å²) in [4.78, 5) is 0. The van der Waals surface area contributed by atoms with Crippen LogP contribution < -0.4 is 10.1 Å². The zero-order valence-electron chi connectivity index (χ0n) is 13.0. The van der Waals surface area contributed by atoms with Crippen LogP contribution in [0.3, 0.4) is 0 Å². The minimum atomic E-state index is 0.568. The second-order valence-corrected chi connectivity index (χ2v) is 5.48. The van der Waals surface area contributed by atoms with Crippen molar-refractivity contribution < 1.29 is 14.2 Å². The van der Waals surface area contributed by atoms with Gasteiger partial charge in [-0.05, 0) is 37.1 Å². The van der Waals surface area contributed by atoms with Crippen LogP contribution in [0, 0.1) is 5.92 Å². The molecule has 0 amide bonds. The molecular formula is C17H27NO3. The van der Waals surface area contributed by atoms with E-state index in [1.54, 1.807) is 0 Å². The van der Waals surface area contributed by atoms with Gasteiger partial charge in [-0.25, -0.2) is 0 Å². The van der Waals surface area contributed by atoms with Gasteiger partial charge in [0.2, 0.25) is 0 Å². The highest BCUT2D eigenvalue weighted by molar-refractivity contribution is 5.28. The van der Waals surface area contributed by atoms with Gasteiger partial charge in [-0.15, -0.1) is 0 Å². The predicted molar refractivity (Wildman–Crippen MR) is 83.7 cm³/mol. The van der Waals surface area contributed by atoms with Crippen molar-refractivity contribution in [2.24, 2.45) is 5.92 Å². The van der Waals surface area contributed by atoms with Gasteiger partial charge in [-0.2, -0.15) is 0 Å². The standard InChI is InChI=1S/C17H27NO3/c1-2-7-18-12-15-4-3-5-17(11-15)21-10-9-20-14-16-6-8-19-13-16/h3-5,11,16,18H,2,6-10,12-14H2,1H3. The number of hydrogen-bond donors (Lipinski definition) is 1. The van der Waals surface area contributed by atoms with Gasteiger partial charge >= 0.3 is 0 Å². The van der Waals surface area contributed by atoms with Crippen LogP contribution in [-0.2, 0) is 16.0 Å². The van der Waals surface area contributed by atoms with E-state index in [0.717, 1.165) is 51.5 Å². The van der Waals surface area contributed by atoms with Crippen molar-refractivity contribution in [3.8, 4) is 5.75 Å². The maximum absolute atomic E-state index is 5.73. The van der Waals surface area contributed by atoms with Crippen LogP contribution in [0.25, 0.3) is 0 Å². The molecule has 1 aliphatic rings. The molecule has 0 aliphatic carbocycles. The van der Waals surface area contributed by atoms with Crippen molar-refractivity contribution >= 4 is 0 Å². The van der Waals surface area contributed by atoms with Crippen LogP contribution in [0.2, 0.25) is 0 Å². The molecule has 1 aliphatic heterocycles. The third-order valence-corrected chi connectivity index (χ3v) is 3.53. The zero-order valence-corrected chi connectivity index (χ0v) is 13.0. The Morgan fingerprint density at radius 1 is 1.33 bits per heavy atom. The molecule has 1 N–H and O–H groups in total. The summed E-state index contributed by atoms with van der Waals surface area (Å²) in [6.07, 6.45) is 2.27. The van der Waals surface area contributed by atoms with Gasteiger partial charge in [-0.3, -0.25) is 0 Å². The fourth-order valence-electron chi connectivity index (χ4n) is 2.34. The van der Waals surface area contributed by atoms with Crippen LogP contribution in [0.15, 0.2) is 24.3 Å². The number of rotatable bonds is 10. The molecule has 0 saturated carbocycles. The number of benzene rings is 1. The summed E-state index contributed by atoms with van der Waals surface area (Å²) < 4.78 is 16.7. The smallest absolute Gasteiger partial charge is 0.119 e. The third kappa shape index (κ3) is 6.46. The van der Waals surface area contributed by atoms with Gasteiger partial charge in [0, 0.05) is 19.1 Å². The summed E-state index contributed by atoms with van der Waals surface area (Å²) in [5, 5.41) is 3.39. The van der Waals surface area contributed by atoms with E-state index in [-0.39, 0.29) is 0 Å². The molecule has 0 spiro atoms. The largest absolute Gasteiger partial charge is 0.491 e. The SMILES string of the molecule is CCCNCc1cccc(OCCOCC2CCOC2)c1. The molecule has 1 aromatic carbocycles. The summed E-state index contributed by atoms with van der Waals surface area (Å²) in [6.45, 7) is 7.84. The number of hydrogen-bond acceptors (Lipinski definition) is 4. The van der Waals surface area contributed by atoms with E-state index in [1.165, 1.54) is 5.56 Å². The molecule has 1 atom stereocenters. The first-order valence-corrected chi connectivity index (χ1v) is 7.96. The van der Waals surface area contributed by atoms with Gasteiger partial charge in [-0.1, -0.05) is 19.1 Å². The average Bonchev–Trinajstić information content (AvgIpc) is 3.01. The lowest BCUT2D eigenvalue weighted by Crippen LogP contribution is -2.14. The van der Waals surface area contributed by atoms with Gasteiger partial charge in [0.15, 0.2) is 0 Å². The van der Waals surface area contributed by atoms with Crippen LogP contribution in [0.1, 0.15) is 25.3 Å². The predicted octanol–water partition coefficient (Wildman–Crippen LogP) is 2.62. The Morgan fingerprint density at radius 3 is 3.10 bits per heavy atom. The van der Waals surface area contributed by atoms with Crippen molar-refractivity contribution in [3.05, 3.63) is 29.8 Å². The molecule has 2 rings (SSSR count). The minimum Gasteiger partial charge on any atom is -0.491 e. The number of ether oxygens (including phenoxy) is 3. The molecule has 21 heavy (non-hydrogen) atoms. The highest BCUT2D eigenvalue weighted by atomic mass is 16.5. The number of nitrogens with one attached hydrogen (secondary N) is 1. The van der Waals surface area contributed by atoms with Crippen LogP contribution >= 0.6 is 0 Å². The maximum Gasteiger partial charge on any atom is 0.119 e. The highest BCUT2D eigenvalue weighted by Crippen LogP contribution is 2.14. The second-order valence-electron chi connectivity index (χ2n) is 5.48. The van der Waals surface area contributed by atoms with Crippen molar-refractivity contribution in [2.45, 2.75) is 26.3 Å². The van der Waals surface area contributed by atoms with E-state index < -0.39 is 0 Å². The van der Waals surface area contributed by atoms with E-state index >= 15 is 0 Å². The molecule has 4 heteroatoms. The summed E-state index contributed by atoms with van der Waals surface area (Å²) in [6, 6.07) is 8.24. The van der Waals surface area contributed by atoms with Gasteiger partial charge in [0.1, 0.15) is 12.4 Å². The molecule has 1 unspecified atom stereocenters. The monoisotopic (exact) mass is 293 g/mol. The molecule has 0 radical (unpaired) electrons. The fraction of sp³-hybridized carbons (Fsp3) is 0.647. The van der Waals surface area contributed by atoms with Gasteiger partial charge < -0.3 is 19.5 Å². The summed E-state index contributed by atoms with van der Waals surface area (Å²) >= 11 is 0. The average molecular weight is 293 g/mol. The van der Waals surface area contributed by atoms with E-state index in [4.69, 9.17) is 14.2 Å². The summed E-state index contributed by atoms with van der Waals surface area (Å²) in [7, 11) is 0. The van der Waals surface area contributed by atoms with E-state index in [1.807, 2.05) is 12.1 Å². The van der Waals surface area contributed by atoms with Gasteiger partial charge in [0.25, 0.3) is 0 Å². The van der Waals surface area contributed by atoms with Crippen molar-refractivity contribution in [2.75, 3.05) is 39.6 Å². The highest BCUT2D eigenvalue weighted by Gasteiger charge is 2.15. The lowest BCUT2D eigenvalue weighted by atomic mass is 10.1. The Hall–Kier alpha value is -1.10. The van der Waals surface area contributed by atoms with Crippen molar-refractivity contribution in [1.82, 2.24) is 5.32 Å². The Labute approximate surface area is 127 Å². The van der Waals surface area contributed by atoms with Crippen molar-refractivity contribution in [3.63, 3.8) is 0 Å². The first kappa shape index (κ1) is 16.3. The molecular weight excluding hydrogens is 266 g/mol. The summed E-state index contributed by atoms with van der Waals surface area (Å²) in [5.41, 5.74) is 1.25. The topological polar surface area (TPSA) is 39.7 Å². The third-order valence-electron chi connectivity index (χ3n) is 3.53. The Bertz CT molecular complexity index is 391. The minimum absolute atomic E-state index is 0.568. The Kier molecular flexibility index (Phi) is 7.57. The Balaban J connectivity index is 1.59. The molecule has 4 nitrogen and oxygen atoms in total. The van der Waals surface area contributed by atoms with E-state index in [2.05, 4.69) is 24.4 Å². The Morgan fingerprint density at radius 2 is 2.29 bits per heavy atom. The first-order valence-electron chi connectivity index (χ1n) is 7.96. The molecule has 118 valence electrons. The first-order chi connectivity index (χ1) is 10.4. The quantitative estimate of drug-likeness (QED) is 0.673. The molecule has 0 aromatic heterocycles. The molecule has 0 bridgehead atoms. The van der Waals surface area contributed by atoms with Crippen molar-refractivity contribution in [1.29, 1.82) is 0 Å². The molecule has 1 saturated heterocycles. The lowest BCUT2D eigenvalue weighted by Gasteiger charge is -2.11. The van der Waals surface area contributed by atoms with E-state index in [9.17, 15) is 0 Å². The van der Waals surface area contributed by atoms with Gasteiger partial charge in [0.05, 0.1) is 19.8 Å². The normalized spacial score (nSPS) is 18.0. The lowest BCUT2D eigenvalue weighted by molar-refractivity contribution is 0.0684. The maximum atomic E-state index is 5.73. The fourth-order valence-corrected chi connectivity index (χ4v) is 2.34. The van der Waals surface area contributed by atoms with E-state index in [0.29, 0.717) is 19.1 Å². The summed E-state index contributed by atoms with van der Waals surface area (Å²) in [5.74, 6) is 1.48. The van der Waals surface area contributed by atoms with Crippen LogP contribution in [-0.4, -0.2) is 39.6 Å². The molecule has 1 fully saturated rings. The molecule has 1 aromatic rings. The zero-order chi connectivity index (χ0) is 14.8. The van der Waals surface area contributed by atoms with Crippen LogP contribution in [0.5, 0.6) is 5.75 Å². The second kappa shape index (κ2) is 9.77. The molecule has 1 heterocycles.